The van der Waals surface area contributed by atoms with Crippen LogP contribution in [0.15, 0.2) is 48.0 Å². The smallest absolute Gasteiger partial charge is 0.282 e. The lowest BCUT2D eigenvalue weighted by molar-refractivity contribution is -0.117. The molecule has 5 nitrogen and oxygen atoms in total. The molecular weight excluding hydrogens is 534 g/mol. The number of para-hydroxylation sites is 1. The minimum atomic E-state index is -0.431. The molecule has 1 saturated heterocycles. The number of nitrogens with zero attached hydrogens (tertiary/aromatic N) is 1. The van der Waals surface area contributed by atoms with E-state index >= 15 is 0 Å². The Labute approximate surface area is 166 Å². The topological polar surface area (TPSA) is 58.6 Å². The molecule has 1 fully saturated rings. The minimum absolute atomic E-state index is 0.0787. The zero-order chi connectivity index (χ0) is 17.3. The van der Waals surface area contributed by atoms with Crippen molar-refractivity contribution in [3.63, 3.8) is 0 Å². The highest BCUT2D eigenvalue weighted by atomic mass is 127. The molecule has 2 amide bonds. The summed E-state index contributed by atoms with van der Waals surface area (Å²) in [5.41, 5.74) is 3.98. The highest BCUT2D eigenvalue weighted by Gasteiger charge is 2.34. The second kappa shape index (κ2) is 7.09. The van der Waals surface area contributed by atoms with Crippen molar-refractivity contribution in [3.05, 3.63) is 60.7 Å². The van der Waals surface area contributed by atoms with E-state index in [1.54, 1.807) is 37.5 Å². The van der Waals surface area contributed by atoms with Crippen molar-refractivity contribution in [1.82, 2.24) is 5.43 Å². The number of hydrogen-bond donors (Lipinski definition) is 1. The molecule has 0 radical (unpaired) electrons. The Morgan fingerprint density at radius 2 is 1.83 bits per heavy atom. The summed E-state index contributed by atoms with van der Waals surface area (Å²) >= 11 is 4.36. The van der Waals surface area contributed by atoms with E-state index in [1.807, 2.05) is 18.2 Å². The van der Waals surface area contributed by atoms with Crippen molar-refractivity contribution in [3.8, 4) is 5.75 Å². The van der Waals surface area contributed by atoms with Crippen LogP contribution >= 0.6 is 45.2 Å². The monoisotopic (exact) mass is 546 g/mol. The van der Waals surface area contributed by atoms with Crippen LogP contribution in [0.2, 0.25) is 0 Å². The molecule has 3 rings (SSSR count). The first-order valence-corrected chi connectivity index (χ1v) is 9.12. The lowest BCUT2D eigenvalue weighted by Gasteiger charge is -2.14. The predicted molar refractivity (Wildman–Crippen MR) is 108 cm³/mol. The molecule has 0 unspecified atom stereocenters. The summed E-state index contributed by atoms with van der Waals surface area (Å²) in [4.78, 5) is 24.9. The van der Waals surface area contributed by atoms with Gasteiger partial charge in [-0.25, -0.2) is 5.01 Å². The molecule has 2 aromatic carbocycles. The number of benzene rings is 2. The Balaban J connectivity index is 2.03. The summed E-state index contributed by atoms with van der Waals surface area (Å²) in [6.45, 7) is 0. The Hall–Kier alpha value is -1.62. The van der Waals surface area contributed by atoms with Crippen LogP contribution in [0.4, 0.5) is 5.69 Å². The SMILES string of the molecule is COc1c(I)cc(I)cc1/C=C1\C(=O)NN(c2ccccc2)C1=O. The number of halogens is 2. The highest BCUT2D eigenvalue weighted by molar-refractivity contribution is 14.1. The van der Waals surface area contributed by atoms with Crippen LogP contribution in [-0.4, -0.2) is 18.9 Å². The van der Waals surface area contributed by atoms with Crippen LogP contribution in [0.1, 0.15) is 5.56 Å². The highest BCUT2D eigenvalue weighted by Crippen LogP contribution is 2.31. The van der Waals surface area contributed by atoms with Gasteiger partial charge in [-0.15, -0.1) is 0 Å². The van der Waals surface area contributed by atoms with E-state index in [1.165, 1.54) is 5.01 Å². The molecule has 0 atom stereocenters. The molecule has 0 aromatic heterocycles. The number of carbonyl (C=O) groups is 2. The molecule has 1 aliphatic rings. The molecule has 122 valence electrons. The fraction of sp³-hybridized carbons (Fsp3) is 0.0588. The normalized spacial score (nSPS) is 15.8. The number of nitrogens with one attached hydrogen (secondary N) is 1. The van der Waals surface area contributed by atoms with E-state index < -0.39 is 5.91 Å². The van der Waals surface area contributed by atoms with E-state index in [2.05, 4.69) is 50.6 Å². The Morgan fingerprint density at radius 3 is 2.50 bits per heavy atom. The number of hydrogen-bond acceptors (Lipinski definition) is 3. The molecule has 1 N–H and O–H groups in total. The third-order valence-corrected chi connectivity index (χ3v) is 4.87. The lowest BCUT2D eigenvalue weighted by atomic mass is 10.1. The van der Waals surface area contributed by atoms with Crippen LogP contribution in [0, 0.1) is 7.14 Å². The minimum Gasteiger partial charge on any atom is -0.495 e. The van der Waals surface area contributed by atoms with Gasteiger partial charge in [-0.3, -0.25) is 15.0 Å². The van der Waals surface area contributed by atoms with Crippen molar-refractivity contribution in [1.29, 1.82) is 0 Å². The molecule has 0 aliphatic carbocycles. The number of anilines is 1. The molecule has 7 heteroatoms. The summed E-state index contributed by atoms with van der Waals surface area (Å²) in [6.07, 6.45) is 1.57. The fourth-order valence-electron chi connectivity index (χ4n) is 2.37. The van der Waals surface area contributed by atoms with E-state index in [4.69, 9.17) is 4.74 Å². The molecular formula is C17H12I2N2O3. The zero-order valence-corrected chi connectivity index (χ0v) is 16.9. The number of carbonyl (C=O) groups excluding carboxylic acids is 2. The molecule has 1 aliphatic heterocycles. The van der Waals surface area contributed by atoms with Crippen molar-refractivity contribution < 1.29 is 14.3 Å². The second-order valence-electron chi connectivity index (χ2n) is 4.99. The maximum absolute atomic E-state index is 12.6. The average Bonchev–Trinajstić information content (AvgIpc) is 2.83. The van der Waals surface area contributed by atoms with Gasteiger partial charge in [0, 0.05) is 9.13 Å². The first-order valence-electron chi connectivity index (χ1n) is 6.96. The first kappa shape index (κ1) is 17.2. The van der Waals surface area contributed by atoms with Crippen LogP contribution in [0.25, 0.3) is 6.08 Å². The lowest BCUT2D eigenvalue weighted by Crippen LogP contribution is -2.35. The third-order valence-electron chi connectivity index (χ3n) is 3.45. The van der Waals surface area contributed by atoms with Crippen LogP contribution in [-0.2, 0) is 9.59 Å². The van der Waals surface area contributed by atoms with E-state index in [-0.39, 0.29) is 11.5 Å². The van der Waals surface area contributed by atoms with Crippen LogP contribution < -0.4 is 15.2 Å². The number of hydrazine groups is 1. The maximum Gasteiger partial charge on any atom is 0.282 e. The quantitative estimate of drug-likeness (QED) is 0.365. The Morgan fingerprint density at radius 1 is 1.12 bits per heavy atom. The van der Waals surface area contributed by atoms with Gasteiger partial charge in [-0.1, -0.05) is 18.2 Å². The summed E-state index contributed by atoms with van der Waals surface area (Å²) in [6, 6.07) is 12.8. The van der Waals surface area contributed by atoms with E-state index in [0.717, 1.165) is 7.14 Å². The Kier molecular flexibility index (Phi) is 5.09. The van der Waals surface area contributed by atoms with Gasteiger partial charge < -0.3 is 4.74 Å². The van der Waals surface area contributed by atoms with E-state index in [9.17, 15) is 9.59 Å². The molecule has 0 saturated carbocycles. The van der Waals surface area contributed by atoms with Gasteiger partial charge in [-0.05, 0) is 75.5 Å². The summed E-state index contributed by atoms with van der Waals surface area (Å²) in [7, 11) is 1.57. The molecule has 0 spiro atoms. The fourth-order valence-corrected chi connectivity index (χ4v) is 4.48. The summed E-state index contributed by atoms with van der Waals surface area (Å²) < 4.78 is 7.32. The van der Waals surface area contributed by atoms with Crippen LogP contribution in [0.5, 0.6) is 5.75 Å². The first-order chi connectivity index (χ1) is 11.5. The third kappa shape index (κ3) is 3.27. The summed E-state index contributed by atoms with van der Waals surface area (Å²) in [5.74, 6) is -0.177. The molecule has 0 bridgehead atoms. The van der Waals surface area contributed by atoms with Gasteiger partial charge in [-0.2, -0.15) is 0 Å². The van der Waals surface area contributed by atoms with Gasteiger partial charge in [0.2, 0.25) is 0 Å². The molecule has 24 heavy (non-hydrogen) atoms. The zero-order valence-electron chi connectivity index (χ0n) is 12.5. The van der Waals surface area contributed by atoms with Gasteiger partial charge >= 0.3 is 0 Å². The van der Waals surface area contributed by atoms with E-state index in [0.29, 0.717) is 17.0 Å². The van der Waals surface area contributed by atoms with Crippen molar-refractivity contribution in [2.75, 3.05) is 12.1 Å². The van der Waals surface area contributed by atoms with Crippen molar-refractivity contribution in [2.24, 2.45) is 0 Å². The molecule has 1 heterocycles. The number of rotatable bonds is 3. The maximum atomic E-state index is 12.6. The van der Waals surface area contributed by atoms with Gasteiger partial charge in [0.25, 0.3) is 11.8 Å². The number of amides is 2. The van der Waals surface area contributed by atoms with Crippen LogP contribution in [0.3, 0.4) is 0 Å². The largest absolute Gasteiger partial charge is 0.495 e. The predicted octanol–water partition coefficient (Wildman–Crippen LogP) is 3.37. The van der Waals surface area contributed by atoms with Crippen molar-refractivity contribution >= 4 is 68.8 Å². The van der Waals surface area contributed by atoms with Gasteiger partial charge in [0.1, 0.15) is 11.3 Å². The average molecular weight is 546 g/mol. The van der Waals surface area contributed by atoms with Crippen molar-refractivity contribution in [2.45, 2.75) is 0 Å². The number of ether oxygens (including phenoxy) is 1. The standard InChI is InChI=1S/C17H12I2N2O3/c1-24-15-10(7-11(18)9-14(15)19)8-13-16(22)20-21(17(13)23)12-5-3-2-4-6-12/h2-9H,1H3,(H,20,22)/b13-8+. The Bertz CT molecular complexity index is 850. The van der Waals surface area contributed by atoms with Gasteiger partial charge in [0.05, 0.1) is 16.4 Å². The number of methoxy groups -OCH3 is 1. The second-order valence-corrected chi connectivity index (χ2v) is 7.39. The summed E-state index contributed by atoms with van der Waals surface area (Å²) in [5, 5.41) is 1.25. The van der Waals surface area contributed by atoms with Gasteiger partial charge in [0.15, 0.2) is 0 Å². The molecule has 2 aromatic rings.